The summed E-state index contributed by atoms with van der Waals surface area (Å²) in [5.41, 5.74) is 1.97. The summed E-state index contributed by atoms with van der Waals surface area (Å²) in [6, 6.07) is 17.5. The number of rotatable bonds is 7. The minimum absolute atomic E-state index is 0.0775. The molecule has 1 atom stereocenters. The van der Waals surface area contributed by atoms with Crippen LogP contribution in [0.3, 0.4) is 0 Å². The van der Waals surface area contributed by atoms with E-state index < -0.39 is 0 Å². The Hall–Kier alpha value is -2.53. The van der Waals surface area contributed by atoms with Gasteiger partial charge in [0, 0.05) is 30.5 Å². The molecule has 0 aromatic heterocycles. The van der Waals surface area contributed by atoms with Crippen LogP contribution in [0.4, 0.5) is 4.79 Å². The minimum atomic E-state index is -0.322. The molecule has 0 spiro atoms. The Kier molecular flexibility index (Phi) is 6.12. The summed E-state index contributed by atoms with van der Waals surface area (Å²) in [6.07, 6.45) is -0.0319. The van der Waals surface area contributed by atoms with E-state index in [1.807, 2.05) is 54.6 Å². The number of carbonyl (C=O) groups is 2. The van der Waals surface area contributed by atoms with E-state index in [-0.39, 0.29) is 24.3 Å². The van der Waals surface area contributed by atoms with Gasteiger partial charge in [0.1, 0.15) is 6.61 Å². The van der Waals surface area contributed by atoms with Crippen LogP contribution in [0.1, 0.15) is 23.5 Å². The Morgan fingerprint density at radius 1 is 1.15 bits per heavy atom. The van der Waals surface area contributed by atoms with Crippen molar-refractivity contribution in [3.05, 3.63) is 70.7 Å². The van der Waals surface area contributed by atoms with Gasteiger partial charge in [-0.25, -0.2) is 4.79 Å². The molecule has 6 heteroatoms. The number of ether oxygens (including phenoxy) is 1. The molecule has 2 aromatic carbocycles. The first-order valence-corrected chi connectivity index (χ1v) is 9.00. The van der Waals surface area contributed by atoms with Gasteiger partial charge >= 0.3 is 6.09 Å². The maximum Gasteiger partial charge on any atom is 0.409 e. The summed E-state index contributed by atoms with van der Waals surface area (Å²) in [5.74, 6) is -0.201. The fraction of sp³-hybridized carbons (Fsp3) is 0.300. The third-order valence-electron chi connectivity index (χ3n) is 4.42. The second kappa shape index (κ2) is 8.72. The third-order valence-corrected chi connectivity index (χ3v) is 4.77. The molecule has 2 aromatic rings. The summed E-state index contributed by atoms with van der Waals surface area (Å²) < 4.78 is 4.88. The van der Waals surface area contributed by atoms with Crippen molar-refractivity contribution in [2.45, 2.75) is 12.3 Å². The molecule has 0 bridgehead atoms. The first kappa shape index (κ1) is 18.3. The lowest BCUT2D eigenvalue weighted by Crippen LogP contribution is -2.35. The van der Waals surface area contributed by atoms with Crippen LogP contribution in [0.2, 0.25) is 5.02 Å². The lowest BCUT2D eigenvalue weighted by atomic mass is 9.88. The molecule has 1 aliphatic heterocycles. The van der Waals surface area contributed by atoms with E-state index in [4.69, 9.17) is 16.3 Å². The van der Waals surface area contributed by atoms with Crippen LogP contribution >= 0.6 is 11.6 Å². The lowest BCUT2D eigenvalue weighted by molar-refractivity contribution is -0.121. The number of benzene rings is 2. The summed E-state index contributed by atoms with van der Waals surface area (Å²) in [4.78, 5) is 25.5. The van der Waals surface area contributed by atoms with Crippen LogP contribution in [-0.4, -0.2) is 43.1 Å². The van der Waals surface area contributed by atoms with Gasteiger partial charge in [-0.3, -0.25) is 4.79 Å². The van der Waals surface area contributed by atoms with Gasteiger partial charge in [0.2, 0.25) is 5.91 Å². The molecule has 1 N–H and O–H groups in total. The molecule has 1 heterocycles. The van der Waals surface area contributed by atoms with Crippen molar-refractivity contribution >= 4 is 23.6 Å². The molecule has 0 radical (unpaired) electrons. The average Bonchev–Trinajstić information content (AvgIpc) is 3.06. The van der Waals surface area contributed by atoms with Crippen molar-refractivity contribution < 1.29 is 14.3 Å². The fourth-order valence-electron chi connectivity index (χ4n) is 3.07. The zero-order chi connectivity index (χ0) is 18.4. The zero-order valence-corrected chi connectivity index (χ0v) is 15.1. The highest BCUT2D eigenvalue weighted by molar-refractivity contribution is 6.31. The predicted octanol–water partition coefficient (Wildman–Crippen LogP) is 3.43. The molecule has 3 rings (SSSR count). The molecule has 136 valence electrons. The summed E-state index contributed by atoms with van der Waals surface area (Å²) in [7, 11) is 0. The van der Waals surface area contributed by atoms with E-state index in [1.165, 1.54) is 0 Å². The second-order valence-electron chi connectivity index (χ2n) is 6.14. The van der Waals surface area contributed by atoms with Gasteiger partial charge in [-0.1, -0.05) is 60.1 Å². The van der Waals surface area contributed by atoms with Gasteiger partial charge < -0.3 is 15.0 Å². The smallest absolute Gasteiger partial charge is 0.409 e. The van der Waals surface area contributed by atoms with Gasteiger partial charge in [0.25, 0.3) is 0 Å². The maximum absolute atomic E-state index is 12.5. The highest BCUT2D eigenvalue weighted by Crippen LogP contribution is 2.32. The van der Waals surface area contributed by atoms with E-state index in [0.29, 0.717) is 31.3 Å². The SMILES string of the molecule is O=C(CC(c1ccccc1)c1ccccc1Cl)NCCN1CCOC1=O. The van der Waals surface area contributed by atoms with Crippen LogP contribution in [0, 0.1) is 0 Å². The Morgan fingerprint density at radius 3 is 2.58 bits per heavy atom. The number of amides is 2. The molecule has 0 saturated carbocycles. The summed E-state index contributed by atoms with van der Waals surface area (Å²) >= 11 is 6.37. The highest BCUT2D eigenvalue weighted by atomic mass is 35.5. The second-order valence-corrected chi connectivity index (χ2v) is 6.55. The maximum atomic E-state index is 12.5. The van der Waals surface area contributed by atoms with Gasteiger partial charge in [-0.15, -0.1) is 0 Å². The van der Waals surface area contributed by atoms with E-state index in [0.717, 1.165) is 11.1 Å². The predicted molar refractivity (Wildman–Crippen MR) is 100 cm³/mol. The molecular weight excluding hydrogens is 352 g/mol. The topological polar surface area (TPSA) is 58.6 Å². The standard InChI is InChI=1S/C20H21ClN2O3/c21-18-9-5-4-8-16(18)17(15-6-2-1-3-7-15)14-19(24)22-10-11-23-12-13-26-20(23)25/h1-9,17H,10-14H2,(H,22,24). The molecule has 1 aliphatic rings. The highest BCUT2D eigenvalue weighted by Gasteiger charge is 2.23. The average molecular weight is 373 g/mol. The number of hydrogen-bond donors (Lipinski definition) is 1. The van der Waals surface area contributed by atoms with Crippen molar-refractivity contribution in [1.29, 1.82) is 0 Å². The molecule has 1 fully saturated rings. The number of cyclic esters (lactones) is 1. The van der Waals surface area contributed by atoms with E-state index in [9.17, 15) is 9.59 Å². The molecule has 1 saturated heterocycles. The molecule has 1 unspecified atom stereocenters. The number of nitrogens with one attached hydrogen (secondary N) is 1. The van der Waals surface area contributed by atoms with Crippen molar-refractivity contribution in [3.63, 3.8) is 0 Å². The minimum Gasteiger partial charge on any atom is -0.448 e. The van der Waals surface area contributed by atoms with Gasteiger partial charge in [-0.05, 0) is 17.2 Å². The van der Waals surface area contributed by atoms with Gasteiger partial charge in [0.05, 0.1) is 6.54 Å². The lowest BCUT2D eigenvalue weighted by Gasteiger charge is -2.19. The first-order chi connectivity index (χ1) is 12.6. The number of nitrogens with zero attached hydrogens (tertiary/aromatic N) is 1. The first-order valence-electron chi connectivity index (χ1n) is 8.63. The number of carbonyl (C=O) groups excluding carboxylic acids is 2. The fourth-order valence-corrected chi connectivity index (χ4v) is 3.33. The van der Waals surface area contributed by atoms with Crippen molar-refractivity contribution in [3.8, 4) is 0 Å². The molecular formula is C20H21ClN2O3. The largest absolute Gasteiger partial charge is 0.448 e. The zero-order valence-electron chi connectivity index (χ0n) is 14.4. The monoisotopic (exact) mass is 372 g/mol. The molecule has 26 heavy (non-hydrogen) atoms. The van der Waals surface area contributed by atoms with Crippen LogP contribution < -0.4 is 5.32 Å². The summed E-state index contributed by atoms with van der Waals surface area (Å²) in [5, 5.41) is 3.54. The normalized spacial score (nSPS) is 14.8. The van der Waals surface area contributed by atoms with Crippen molar-refractivity contribution in [2.24, 2.45) is 0 Å². The van der Waals surface area contributed by atoms with Crippen LogP contribution in [0.5, 0.6) is 0 Å². The molecule has 2 amide bonds. The van der Waals surface area contributed by atoms with Crippen LogP contribution in [0.25, 0.3) is 0 Å². The Bertz CT molecular complexity index is 767. The van der Waals surface area contributed by atoms with Crippen molar-refractivity contribution in [1.82, 2.24) is 10.2 Å². The Morgan fingerprint density at radius 2 is 1.88 bits per heavy atom. The Labute approximate surface area is 157 Å². The number of halogens is 1. The van der Waals surface area contributed by atoms with Gasteiger partial charge in [-0.2, -0.15) is 0 Å². The van der Waals surface area contributed by atoms with E-state index in [1.54, 1.807) is 4.90 Å². The third kappa shape index (κ3) is 4.55. The van der Waals surface area contributed by atoms with Crippen molar-refractivity contribution in [2.75, 3.05) is 26.2 Å². The molecule has 0 aliphatic carbocycles. The van der Waals surface area contributed by atoms with Gasteiger partial charge in [0.15, 0.2) is 0 Å². The summed E-state index contributed by atoms with van der Waals surface area (Å²) in [6.45, 7) is 1.83. The Balaban J connectivity index is 1.65. The van der Waals surface area contributed by atoms with E-state index >= 15 is 0 Å². The van der Waals surface area contributed by atoms with Crippen LogP contribution in [0.15, 0.2) is 54.6 Å². The quantitative estimate of drug-likeness (QED) is 0.810. The van der Waals surface area contributed by atoms with Crippen LogP contribution in [-0.2, 0) is 9.53 Å². The molecule has 5 nitrogen and oxygen atoms in total. The number of hydrogen-bond acceptors (Lipinski definition) is 3. The van der Waals surface area contributed by atoms with E-state index in [2.05, 4.69) is 5.32 Å².